The summed E-state index contributed by atoms with van der Waals surface area (Å²) in [5, 5.41) is 2.38. The van der Waals surface area contributed by atoms with Gasteiger partial charge in [-0.15, -0.1) is 0 Å². The molecule has 0 spiro atoms. The molecule has 0 unspecified atom stereocenters. The van der Waals surface area contributed by atoms with E-state index in [-0.39, 0.29) is 0 Å². The lowest BCUT2D eigenvalue weighted by Crippen LogP contribution is -1.88. The van der Waals surface area contributed by atoms with Crippen LogP contribution in [0.3, 0.4) is 0 Å². The predicted molar refractivity (Wildman–Crippen MR) is 92.4 cm³/mol. The zero-order valence-electron chi connectivity index (χ0n) is 11.3. The lowest BCUT2D eigenvalue weighted by molar-refractivity contribution is 1.49. The van der Waals surface area contributed by atoms with Crippen molar-refractivity contribution in [1.82, 2.24) is 4.98 Å². The van der Waals surface area contributed by atoms with Crippen molar-refractivity contribution in [3.05, 3.63) is 77.3 Å². The molecule has 0 aliphatic heterocycles. The standard InChI is InChI=1S/C19H12BrN/c20-14-10-11-16-18(12-14)21-17-9-5-4-8-15(17)19(16)13-6-2-1-3-7-13/h1-12H. The number of aromatic nitrogens is 1. The second kappa shape index (κ2) is 4.97. The molecule has 0 radical (unpaired) electrons. The zero-order valence-corrected chi connectivity index (χ0v) is 12.8. The van der Waals surface area contributed by atoms with Crippen LogP contribution < -0.4 is 0 Å². The molecular weight excluding hydrogens is 322 g/mol. The quantitative estimate of drug-likeness (QED) is 0.400. The van der Waals surface area contributed by atoms with Crippen molar-refractivity contribution >= 4 is 37.7 Å². The number of pyridine rings is 1. The van der Waals surface area contributed by atoms with Gasteiger partial charge in [0.15, 0.2) is 0 Å². The Morgan fingerprint density at radius 1 is 0.667 bits per heavy atom. The Bertz CT molecular complexity index is 945. The minimum absolute atomic E-state index is 1.02. The Labute approximate surface area is 131 Å². The van der Waals surface area contributed by atoms with Crippen LogP contribution in [0.4, 0.5) is 0 Å². The van der Waals surface area contributed by atoms with Crippen LogP contribution in [-0.4, -0.2) is 4.98 Å². The maximum atomic E-state index is 4.79. The van der Waals surface area contributed by atoms with Crippen molar-refractivity contribution in [2.75, 3.05) is 0 Å². The van der Waals surface area contributed by atoms with Gasteiger partial charge in [-0.05, 0) is 23.8 Å². The fourth-order valence-corrected chi connectivity index (χ4v) is 3.13. The average molecular weight is 334 g/mol. The summed E-state index contributed by atoms with van der Waals surface area (Å²) in [5.41, 5.74) is 4.52. The first kappa shape index (κ1) is 12.5. The number of rotatable bonds is 1. The number of benzene rings is 3. The summed E-state index contributed by atoms with van der Waals surface area (Å²) in [7, 11) is 0. The van der Waals surface area contributed by atoms with Gasteiger partial charge < -0.3 is 0 Å². The molecule has 4 rings (SSSR count). The summed E-state index contributed by atoms with van der Waals surface area (Å²) in [6.07, 6.45) is 0. The molecule has 1 heterocycles. The summed E-state index contributed by atoms with van der Waals surface area (Å²) in [6.45, 7) is 0. The molecule has 0 amide bonds. The van der Waals surface area contributed by atoms with Gasteiger partial charge in [-0.1, -0.05) is 70.5 Å². The molecule has 0 aliphatic carbocycles. The number of halogens is 1. The number of para-hydroxylation sites is 1. The van der Waals surface area contributed by atoms with Crippen molar-refractivity contribution in [1.29, 1.82) is 0 Å². The Hall–Kier alpha value is -2.19. The first-order valence-electron chi connectivity index (χ1n) is 6.86. The minimum Gasteiger partial charge on any atom is -0.248 e. The summed E-state index contributed by atoms with van der Waals surface area (Å²) in [5.74, 6) is 0. The molecule has 21 heavy (non-hydrogen) atoms. The third-order valence-corrected chi connectivity index (χ3v) is 4.20. The molecule has 2 heteroatoms. The van der Waals surface area contributed by atoms with Crippen molar-refractivity contribution in [2.45, 2.75) is 0 Å². The minimum atomic E-state index is 1.02. The van der Waals surface area contributed by atoms with Gasteiger partial charge in [0, 0.05) is 20.8 Å². The lowest BCUT2D eigenvalue weighted by Gasteiger charge is -2.11. The zero-order chi connectivity index (χ0) is 14.2. The van der Waals surface area contributed by atoms with Gasteiger partial charge in [0.2, 0.25) is 0 Å². The van der Waals surface area contributed by atoms with Gasteiger partial charge in [0.1, 0.15) is 0 Å². The number of hydrogen-bond donors (Lipinski definition) is 0. The number of nitrogens with zero attached hydrogens (tertiary/aromatic N) is 1. The highest BCUT2D eigenvalue weighted by molar-refractivity contribution is 9.10. The molecule has 0 atom stereocenters. The van der Waals surface area contributed by atoms with E-state index < -0.39 is 0 Å². The smallest absolute Gasteiger partial charge is 0.0727 e. The average Bonchev–Trinajstić information content (AvgIpc) is 2.53. The predicted octanol–water partition coefficient (Wildman–Crippen LogP) is 5.82. The third kappa shape index (κ3) is 2.12. The van der Waals surface area contributed by atoms with E-state index in [1.165, 1.54) is 21.9 Å². The van der Waals surface area contributed by atoms with Gasteiger partial charge in [-0.3, -0.25) is 0 Å². The maximum absolute atomic E-state index is 4.79. The largest absolute Gasteiger partial charge is 0.248 e. The molecule has 0 N–H and O–H groups in total. The molecule has 4 aromatic rings. The molecule has 1 nitrogen and oxygen atoms in total. The maximum Gasteiger partial charge on any atom is 0.0727 e. The van der Waals surface area contributed by atoms with Gasteiger partial charge in [0.05, 0.1) is 11.0 Å². The molecule has 0 saturated carbocycles. The Balaban J connectivity index is 2.22. The van der Waals surface area contributed by atoms with Gasteiger partial charge >= 0.3 is 0 Å². The fraction of sp³-hybridized carbons (Fsp3) is 0. The Morgan fingerprint density at radius 3 is 2.24 bits per heavy atom. The van der Waals surface area contributed by atoms with Crippen LogP contribution in [0, 0.1) is 0 Å². The SMILES string of the molecule is Brc1ccc2c(-c3ccccc3)c3ccccc3nc2c1. The third-order valence-electron chi connectivity index (χ3n) is 3.71. The van der Waals surface area contributed by atoms with Crippen molar-refractivity contribution < 1.29 is 0 Å². The Kier molecular flexibility index (Phi) is 2.97. The van der Waals surface area contributed by atoms with Crippen LogP contribution in [0.1, 0.15) is 0 Å². The first-order valence-corrected chi connectivity index (χ1v) is 7.66. The van der Waals surface area contributed by atoms with E-state index in [1.54, 1.807) is 0 Å². The van der Waals surface area contributed by atoms with Crippen LogP contribution in [0.5, 0.6) is 0 Å². The highest BCUT2D eigenvalue weighted by Gasteiger charge is 2.10. The van der Waals surface area contributed by atoms with Crippen LogP contribution in [0.15, 0.2) is 77.3 Å². The highest BCUT2D eigenvalue weighted by atomic mass is 79.9. The van der Waals surface area contributed by atoms with E-state index in [2.05, 4.69) is 76.6 Å². The van der Waals surface area contributed by atoms with Crippen molar-refractivity contribution in [3.8, 4) is 11.1 Å². The van der Waals surface area contributed by atoms with Crippen LogP contribution in [0.25, 0.3) is 32.9 Å². The second-order valence-electron chi connectivity index (χ2n) is 5.03. The Morgan fingerprint density at radius 2 is 1.38 bits per heavy atom. The number of fused-ring (bicyclic) bond motifs is 2. The molecule has 0 aliphatic rings. The highest BCUT2D eigenvalue weighted by Crippen LogP contribution is 2.35. The van der Waals surface area contributed by atoms with E-state index in [0.29, 0.717) is 0 Å². The molecule has 0 bridgehead atoms. The van der Waals surface area contributed by atoms with E-state index in [4.69, 9.17) is 4.98 Å². The summed E-state index contributed by atoms with van der Waals surface area (Å²) in [6, 6.07) is 25.1. The van der Waals surface area contributed by atoms with Crippen LogP contribution in [0.2, 0.25) is 0 Å². The summed E-state index contributed by atoms with van der Waals surface area (Å²) in [4.78, 5) is 4.79. The molecule has 100 valence electrons. The molecule has 3 aromatic carbocycles. The fourth-order valence-electron chi connectivity index (χ4n) is 2.78. The summed E-state index contributed by atoms with van der Waals surface area (Å²) < 4.78 is 1.05. The molecule has 0 fully saturated rings. The van der Waals surface area contributed by atoms with Gasteiger partial charge in [0.25, 0.3) is 0 Å². The summed E-state index contributed by atoms with van der Waals surface area (Å²) >= 11 is 3.54. The molecule has 1 aromatic heterocycles. The van der Waals surface area contributed by atoms with Gasteiger partial charge in [-0.2, -0.15) is 0 Å². The van der Waals surface area contributed by atoms with Gasteiger partial charge in [-0.25, -0.2) is 4.98 Å². The van der Waals surface area contributed by atoms with Crippen LogP contribution in [-0.2, 0) is 0 Å². The number of hydrogen-bond acceptors (Lipinski definition) is 1. The van der Waals surface area contributed by atoms with Crippen LogP contribution >= 0.6 is 15.9 Å². The van der Waals surface area contributed by atoms with E-state index >= 15 is 0 Å². The van der Waals surface area contributed by atoms with Crippen molar-refractivity contribution in [3.63, 3.8) is 0 Å². The molecular formula is C19H12BrN. The first-order chi connectivity index (χ1) is 10.3. The monoisotopic (exact) mass is 333 g/mol. The van der Waals surface area contributed by atoms with Crippen molar-refractivity contribution in [2.24, 2.45) is 0 Å². The van der Waals surface area contributed by atoms with E-state index in [9.17, 15) is 0 Å². The topological polar surface area (TPSA) is 12.9 Å². The molecule has 0 saturated heterocycles. The van der Waals surface area contributed by atoms with E-state index in [1.807, 2.05) is 12.1 Å². The lowest BCUT2D eigenvalue weighted by atomic mass is 9.96. The second-order valence-corrected chi connectivity index (χ2v) is 5.95. The normalized spacial score (nSPS) is 11.1. The van der Waals surface area contributed by atoms with E-state index in [0.717, 1.165) is 15.5 Å².